The summed E-state index contributed by atoms with van der Waals surface area (Å²) in [5.74, 6) is 0. The topological polar surface area (TPSA) is 84.6 Å². The summed E-state index contributed by atoms with van der Waals surface area (Å²) >= 11 is 0. The quantitative estimate of drug-likeness (QED) is 0.590. The Labute approximate surface area is 112 Å². The van der Waals surface area contributed by atoms with Crippen molar-refractivity contribution in [1.82, 2.24) is 14.1 Å². The second-order valence-corrected chi connectivity index (χ2v) is 6.49. The molecule has 19 heavy (non-hydrogen) atoms. The maximum atomic E-state index is 12.5. The number of sulfonamides is 1. The van der Waals surface area contributed by atoms with Gasteiger partial charge in [0.2, 0.25) is 6.08 Å². The number of aromatic nitrogens is 2. The molecule has 104 valence electrons. The average Bonchev–Trinajstić information content (AvgIpc) is 2.76. The molecule has 1 saturated heterocycles. The molecule has 2 rings (SSSR count). The predicted octanol–water partition coefficient (Wildman–Crippen LogP) is 0.297. The number of piperidine rings is 1. The van der Waals surface area contributed by atoms with Gasteiger partial charge in [0.1, 0.15) is 0 Å². The normalized spacial score (nSPS) is 24.9. The molecule has 8 heteroatoms. The zero-order valence-electron chi connectivity index (χ0n) is 10.9. The van der Waals surface area contributed by atoms with Gasteiger partial charge in [-0.2, -0.15) is 9.40 Å². The van der Waals surface area contributed by atoms with Crippen LogP contribution in [0.15, 0.2) is 22.3 Å². The molecule has 1 aromatic rings. The highest BCUT2D eigenvalue weighted by Crippen LogP contribution is 2.26. The Balaban J connectivity index is 2.24. The van der Waals surface area contributed by atoms with E-state index in [4.69, 9.17) is 0 Å². The first-order chi connectivity index (χ1) is 8.96. The monoisotopic (exact) mass is 284 g/mol. The second kappa shape index (κ2) is 5.24. The molecular weight excluding hydrogens is 268 g/mol. The predicted molar refractivity (Wildman–Crippen MR) is 67.7 cm³/mol. The summed E-state index contributed by atoms with van der Waals surface area (Å²) in [6.07, 6.45) is 4.07. The number of rotatable bonds is 3. The van der Waals surface area contributed by atoms with Crippen LogP contribution in [0.2, 0.25) is 0 Å². The summed E-state index contributed by atoms with van der Waals surface area (Å²) in [5.41, 5.74) is 0. The molecule has 0 amide bonds. The van der Waals surface area contributed by atoms with E-state index >= 15 is 0 Å². The van der Waals surface area contributed by atoms with E-state index in [0.29, 0.717) is 19.4 Å². The van der Waals surface area contributed by atoms with E-state index in [1.165, 1.54) is 21.3 Å². The van der Waals surface area contributed by atoms with Crippen LogP contribution in [0.1, 0.15) is 19.8 Å². The van der Waals surface area contributed by atoms with Crippen LogP contribution >= 0.6 is 0 Å². The minimum absolute atomic E-state index is 0.134. The van der Waals surface area contributed by atoms with Crippen molar-refractivity contribution in [2.24, 2.45) is 12.0 Å². The Bertz CT molecular complexity index is 603. The maximum Gasteiger partial charge on any atom is 0.260 e. The average molecular weight is 284 g/mol. The van der Waals surface area contributed by atoms with Gasteiger partial charge in [0.15, 0.2) is 5.03 Å². The fraction of sp³-hybridized carbons (Fsp3) is 0.636. The number of aryl methyl sites for hydroxylation is 1. The molecule has 1 aliphatic heterocycles. The molecule has 0 N–H and O–H groups in total. The van der Waals surface area contributed by atoms with Gasteiger partial charge >= 0.3 is 0 Å². The minimum atomic E-state index is -3.54. The van der Waals surface area contributed by atoms with Crippen LogP contribution in [-0.4, -0.2) is 47.2 Å². The Morgan fingerprint density at radius 1 is 1.53 bits per heavy atom. The van der Waals surface area contributed by atoms with E-state index in [-0.39, 0.29) is 17.1 Å². The van der Waals surface area contributed by atoms with Crippen molar-refractivity contribution in [3.8, 4) is 0 Å². The summed E-state index contributed by atoms with van der Waals surface area (Å²) in [6, 6.07) is 1.15. The lowest BCUT2D eigenvalue weighted by atomic mass is 10.0. The van der Waals surface area contributed by atoms with Crippen molar-refractivity contribution in [3.63, 3.8) is 0 Å². The first-order valence-corrected chi connectivity index (χ1v) is 7.47. The molecule has 0 saturated carbocycles. The van der Waals surface area contributed by atoms with E-state index in [1.54, 1.807) is 13.1 Å². The third kappa shape index (κ3) is 2.60. The SMILES string of the molecule is CC1CC(N=C=O)CCN1S(=O)(=O)c1ccnn1C. The lowest BCUT2D eigenvalue weighted by molar-refractivity contribution is 0.246. The summed E-state index contributed by atoms with van der Waals surface area (Å²) < 4.78 is 27.8. The number of aliphatic imine (C=N–C) groups is 1. The van der Waals surface area contributed by atoms with Crippen molar-refractivity contribution in [1.29, 1.82) is 0 Å². The standard InChI is InChI=1S/C11H16N4O3S/c1-9-7-10(12-8-16)4-6-15(9)19(17,18)11-3-5-13-14(11)2/h3,5,9-10H,4,6-7H2,1-2H3. The molecule has 1 fully saturated rings. The summed E-state index contributed by atoms with van der Waals surface area (Å²) in [4.78, 5) is 13.9. The van der Waals surface area contributed by atoms with Gasteiger partial charge in [0.05, 0.1) is 12.2 Å². The van der Waals surface area contributed by atoms with Gasteiger partial charge in [-0.1, -0.05) is 0 Å². The van der Waals surface area contributed by atoms with Crippen LogP contribution in [-0.2, 0) is 21.9 Å². The molecule has 0 spiro atoms. The molecule has 1 aliphatic rings. The zero-order valence-corrected chi connectivity index (χ0v) is 11.7. The minimum Gasteiger partial charge on any atom is -0.256 e. The van der Waals surface area contributed by atoms with Gasteiger partial charge in [0, 0.05) is 19.6 Å². The van der Waals surface area contributed by atoms with Crippen molar-refractivity contribution < 1.29 is 13.2 Å². The molecule has 2 atom stereocenters. The fourth-order valence-electron chi connectivity index (χ4n) is 2.41. The highest BCUT2D eigenvalue weighted by Gasteiger charge is 2.35. The van der Waals surface area contributed by atoms with Crippen molar-refractivity contribution in [3.05, 3.63) is 12.3 Å². The van der Waals surface area contributed by atoms with Gasteiger partial charge < -0.3 is 0 Å². The summed E-state index contributed by atoms with van der Waals surface area (Å²) in [7, 11) is -1.95. The second-order valence-electron chi connectivity index (χ2n) is 4.66. The van der Waals surface area contributed by atoms with E-state index in [1.807, 2.05) is 6.92 Å². The van der Waals surface area contributed by atoms with Crippen LogP contribution in [0.3, 0.4) is 0 Å². The largest absolute Gasteiger partial charge is 0.260 e. The van der Waals surface area contributed by atoms with Crippen LogP contribution < -0.4 is 0 Å². The van der Waals surface area contributed by atoms with Gasteiger partial charge in [-0.05, 0) is 25.8 Å². The lowest BCUT2D eigenvalue weighted by Crippen LogP contribution is -2.46. The highest BCUT2D eigenvalue weighted by molar-refractivity contribution is 7.89. The van der Waals surface area contributed by atoms with E-state index in [2.05, 4.69) is 10.1 Å². The molecule has 0 aromatic carbocycles. The molecule has 7 nitrogen and oxygen atoms in total. The van der Waals surface area contributed by atoms with Crippen LogP contribution in [0.5, 0.6) is 0 Å². The number of isocyanates is 1. The van der Waals surface area contributed by atoms with E-state index < -0.39 is 10.0 Å². The number of hydrogen-bond donors (Lipinski definition) is 0. The smallest absolute Gasteiger partial charge is 0.256 e. The highest BCUT2D eigenvalue weighted by atomic mass is 32.2. The molecule has 0 bridgehead atoms. The first kappa shape index (κ1) is 13.9. The fourth-order valence-corrected chi connectivity index (χ4v) is 4.17. The summed E-state index contributed by atoms with van der Waals surface area (Å²) in [5, 5.41) is 4.07. The molecule has 1 aromatic heterocycles. The molecule has 2 heterocycles. The van der Waals surface area contributed by atoms with Crippen molar-refractivity contribution in [2.45, 2.75) is 36.9 Å². The lowest BCUT2D eigenvalue weighted by Gasteiger charge is -2.34. The van der Waals surface area contributed by atoms with Gasteiger partial charge in [0.25, 0.3) is 10.0 Å². The Hall–Kier alpha value is -1.50. The Morgan fingerprint density at radius 2 is 2.26 bits per heavy atom. The number of carbonyl (C=O) groups excluding carboxylic acids is 1. The summed E-state index contributed by atoms with van der Waals surface area (Å²) in [6.45, 7) is 2.17. The van der Waals surface area contributed by atoms with E-state index in [9.17, 15) is 13.2 Å². The van der Waals surface area contributed by atoms with E-state index in [0.717, 1.165) is 0 Å². The van der Waals surface area contributed by atoms with Gasteiger partial charge in [-0.3, -0.25) is 4.68 Å². The molecule has 0 aliphatic carbocycles. The molecule has 2 unspecified atom stereocenters. The van der Waals surface area contributed by atoms with Crippen LogP contribution in [0.4, 0.5) is 0 Å². The van der Waals surface area contributed by atoms with Crippen LogP contribution in [0.25, 0.3) is 0 Å². The third-order valence-corrected chi connectivity index (χ3v) is 5.46. The number of hydrogen-bond acceptors (Lipinski definition) is 5. The maximum absolute atomic E-state index is 12.5. The zero-order chi connectivity index (χ0) is 14.0. The van der Waals surface area contributed by atoms with Gasteiger partial charge in [-0.15, -0.1) is 0 Å². The Kier molecular flexibility index (Phi) is 3.84. The van der Waals surface area contributed by atoms with Crippen LogP contribution in [0, 0.1) is 0 Å². The molecular formula is C11H16N4O3S. The molecule has 0 radical (unpaired) electrons. The first-order valence-electron chi connectivity index (χ1n) is 6.03. The van der Waals surface area contributed by atoms with Crippen molar-refractivity contribution in [2.75, 3.05) is 6.54 Å². The van der Waals surface area contributed by atoms with Gasteiger partial charge in [-0.25, -0.2) is 18.2 Å². The number of nitrogens with zero attached hydrogens (tertiary/aromatic N) is 4. The van der Waals surface area contributed by atoms with Crippen molar-refractivity contribution >= 4 is 16.1 Å². The third-order valence-electron chi connectivity index (χ3n) is 3.37. The Morgan fingerprint density at radius 3 is 2.79 bits per heavy atom.